The third-order valence-electron chi connectivity index (χ3n) is 2.98. The van der Waals surface area contributed by atoms with Crippen molar-refractivity contribution in [2.45, 2.75) is 19.3 Å². The highest BCUT2D eigenvalue weighted by molar-refractivity contribution is 7.14. The normalized spacial score (nSPS) is 17.4. The molecule has 1 atom stereocenters. The molecular weight excluding hydrogens is 260 g/mol. The number of rotatable bonds is 3. The molecule has 0 fully saturated rings. The van der Waals surface area contributed by atoms with Gasteiger partial charge >= 0.3 is 5.97 Å². The van der Waals surface area contributed by atoms with Crippen molar-refractivity contribution in [1.82, 2.24) is 5.32 Å². The zero-order valence-electron chi connectivity index (χ0n) is 10.3. The highest BCUT2D eigenvalue weighted by Crippen LogP contribution is 2.26. The molecule has 5 heteroatoms. The molecule has 0 aliphatic carbocycles. The summed E-state index contributed by atoms with van der Waals surface area (Å²) in [5.74, 6) is -0.275. The van der Waals surface area contributed by atoms with E-state index in [2.05, 4.69) is 10.6 Å². The van der Waals surface area contributed by atoms with Crippen LogP contribution in [0.3, 0.4) is 0 Å². The van der Waals surface area contributed by atoms with E-state index in [0.717, 1.165) is 10.6 Å². The average molecular weight is 274 g/mol. The second kappa shape index (κ2) is 5.42. The van der Waals surface area contributed by atoms with Crippen molar-refractivity contribution >= 4 is 22.3 Å². The van der Waals surface area contributed by atoms with Crippen molar-refractivity contribution in [2.24, 2.45) is 0 Å². The summed E-state index contributed by atoms with van der Waals surface area (Å²) in [5.41, 5.74) is 2.18. The maximum absolute atomic E-state index is 12.0. The molecule has 3 rings (SSSR count). The molecule has 2 N–H and O–H groups in total. The van der Waals surface area contributed by atoms with Crippen LogP contribution in [0.2, 0.25) is 0 Å². The average Bonchev–Trinajstić information content (AvgIpc) is 2.93. The second-order valence-electron chi connectivity index (χ2n) is 4.33. The van der Waals surface area contributed by atoms with Crippen LogP contribution < -0.4 is 10.6 Å². The monoisotopic (exact) mass is 274 g/mol. The maximum atomic E-state index is 12.0. The molecule has 1 unspecified atom stereocenters. The number of hydrogen-bond donors (Lipinski definition) is 2. The lowest BCUT2D eigenvalue weighted by Gasteiger charge is -2.24. The minimum atomic E-state index is -0.463. The molecule has 0 saturated carbocycles. The molecule has 0 spiro atoms. The molecule has 1 aromatic heterocycles. The first-order valence-corrected chi connectivity index (χ1v) is 6.98. The molecule has 2 heterocycles. The third kappa shape index (κ3) is 2.77. The number of carbonyl (C=O) groups excluding carboxylic acids is 1. The Balaban J connectivity index is 1.57. The van der Waals surface area contributed by atoms with E-state index in [0.29, 0.717) is 13.2 Å². The molecule has 0 bridgehead atoms. The van der Waals surface area contributed by atoms with Crippen molar-refractivity contribution in [2.75, 3.05) is 5.32 Å². The third-order valence-corrected chi connectivity index (χ3v) is 3.87. The molecule has 19 heavy (non-hydrogen) atoms. The molecule has 2 aromatic rings. The fraction of sp³-hybridized carbons (Fsp3) is 0.214. The number of benzene rings is 1. The Labute approximate surface area is 115 Å². The van der Waals surface area contributed by atoms with Crippen LogP contribution in [0.5, 0.6) is 0 Å². The van der Waals surface area contributed by atoms with E-state index >= 15 is 0 Å². The number of anilines is 1. The van der Waals surface area contributed by atoms with Crippen molar-refractivity contribution in [3.63, 3.8) is 0 Å². The Morgan fingerprint density at radius 2 is 2.16 bits per heavy atom. The Hall–Kier alpha value is -1.85. The summed E-state index contributed by atoms with van der Waals surface area (Å²) < 4.78 is 5.30. The fourth-order valence-corrected chi connectivity index (χ4v) is 2.80. The van der Waals surface area contributed by atoms with Crippen LogP contribution in [0, 0.1) is 0 Å². The Morgan fingerprint density at radius 3 is 3.00 bits per heavy atom. The zero-order chi connectivity index (χ0) is 13.1. The van der Waals surface area contributed by atoms with Gasteiger partial charge in [0.15, 0.2) is 6.17 Å². The van der Waals surface area contributed by atoms with E-state index in [4.69, 9.17) is 4.74 Å². The number of fused-ring (bicyclic) bond motifs is 1. The second-order valence-corrected chi connectivity index (χ2v) is 5.24. The van der Waals surface area contributed by atoms with Gasteiger partial charge in [-0.05, 0) is 17.0 Å². The number of nitrogens with one attached hydrogen (secondary N) is 2. The maximum Gasteiger partial charge on any atom is 0.344 e. The summed E-state index contributed by atoms with van der Waals surface area (Å²) >= 11 is 1.60. The highest BCUT2D eigenvalue weighted by atomic mass is 32.1. The van der Waals surface area contributed by atoms with Crippen LogP contribution in [0.1, 0.15) is 11.1 Å². The van der Waals surface area contributed by atoms with Gasteiger partial charge in [0.2, 0.25) is 0 Å². The number of esters is 1. The predicted molar refractivity (Wildman–Crippen MR) is 74.8 cm³/mol. The fourth-order valence-electron chi connectivity index (χ4n) is 1.95. The van der Waals surface area contributed by atoms with Crippen molar-refractivity contribution in [3.8, 4) is 0 Å². The molecular formula is C14H14N2O2S. The minimum Gasteiger partial charge on any atom is -0.458 e. The van der Waals surface area contributed by atoms with Gasteiger partial charge in [0.1, 0.15) is 6.61 Å². The molecule has 98 valence electrons. The Morgan fingerprint density at radius 1 is 1.32 bits per heavy atom. The van der Waals surface area contributed by atoms with Crippen LogP contribution in [0.15, 0.2) is 41.8 Å². The lowest BCUT2D eigenvalue weighted by atomic mass is 10.2. The topological polar surface area (TPSA) is 50.4 Å². The van der Waals surface area contributed by atoms with Gasteiger partial charge in [-0.1, -0.05) is 30.3 Å². The van der Waals surface area contributed by atoms with Gasteiger partial charge in [0.05, 0.1) is 5.00 Å². The van der Waals surface area contributed by atoms with Crippen LogP contribution >= 0.6 is 11.3 Å². The quantitative estimate of drug-likeness (QED) is 0.843. The number of thiophene rings is 1. The summed E-state index contributed by atoms with van der Waals surface area (Å²) in [7, 11) is 0. The van der Waals surface area contributed by atoms with E-state index in [9.17, 15) is 4.79 Å². The van der Waals surface area contributed by atoms with Crippen LogP contribution in [0.25, 0.3) is 0 Å². The van der Waals surface area contributed by atoms with Crippen molar-refractivity contribution in [3.05, 3.63) is 52.9 Å². The molecule has 1 aromatic carbocycles. The number of carbonyl (C=O) groups is 1. The Kier molecular flexibility index (Phi) is 3.48. The largest absolute Gasteiger partial charge is 0.458 e. The molecule has 1 aliphatic heterocycles. The van der Waals surface area contributed by atoms with Crippen LogP contribution in [-0.4, -0.2) is 12.1 Å². The SMILES string of the molecule is O=C(OCc1ccccc1)C1NCc2ccsc2N1. The summed E-state index contributed by atoms with van der Waals surface area (Å²) in [6.07, 6.45) is -0.463. The van der Waals surface area contributed by atoms with Gasteiger partial charge in [-0.25, -0.2) is 4.79 Å². The first kappa shape index (κ1) is 12.2. The number of ether oxygens (including phenoxy) is 1. The van der Waals surface area contributed by atoms with Crippen LogP contribution in [0.4, 0.5) is 5.00 Å². The summed E-state index contributed by atoms with van der Waals surface area (Å²) in [5, 5.41) is 9.32. The Bertz CT molecular complexity index is 568. The van der Waals surface area contributed by atoms with E-state index in [1.807, 2.05) is 41.8 Å². The smallest absolute Gasteiger partial charge is 0.344 e. The van der Waals surface area contributed by atoms with E-state index in [1.165, 1.54) is 5.56 Å². The number of hydrogen-bond acceptors (Lipinski definition) is 5. The zero-order valence-corrected chi connectivity index (χ0v) is 11.1. The van der Waals surface area contributed by atoms with Gasteiger partial charge in [-0.3, -0.25) is 5.32 Å². The summed E-state index contributed by atoms with van der Waals surface area (Å²) in [6.45, 7) is 0.994. The highest BCUT2D eigenvalue weighted by Gasteiger charge is 2.25. The van der Waals surface area contributed by atoms with Gasteiger partial charge in [-0.15, -0.1) is 11.3 Å². The van der Waals surface area contributed by atoms with Gasteiger partial charge in [0.25, 0.3) is 0 Å². The standard InChI is InChI=1S/C14H14N2O2S/c17-14(18-9-10-4-2-1-3-5-10)12-15-8-11-6-7-19-13(11)16-12/h1-7,12,15-16H,8-9H2. The van der Waals surface area contributed by atoms with Gasteiger partial charge in [-0.2, -0.15) is 0 Å². The van der Waals surface area contributed by atoms with E-state index < -0.39 is 6.17 Å². The molecule has 0 saturated heterocycles. The first-order valence-electron chi connectivity index (χ1n) is 6.10. The van der Waals surface area contributed by atoms with Gasteiger partial charge in [0, 0.05) is 12.1 Å². The molecule has 1 aliphatic rings. The van der Waals surface area contributed by atoms with Crippen molar-refractivity contribution < 1.29 is 9.53 Å². The molecule has 0 amide bonds. The summed E-state index contributed by atoms with van der Waals surface area (Å²) in [4.78, 5) is 12.0. The lowest BCUT2D eigenvalue weighted by Crippen LogP contribution is -2.46. The van der Waals surface area contributed by atoms with Crippen LogP contribution in [-0.2, 0) is 22.7 Å². The van der Waals surface area contributed by atoms with Gasteiger partial charge < -0.3 is 10.1 Å². The lowest BCUT2D eigenvalue weighted by molar-refractivity contribution is -0.146. The predicted octanol–water partition coefficient (Wildman–Crippen LogP) is 2.33. The summed E-state index contributed by atoms with van der Waals surface area (Å²) in [6, 6.07) is 11.7. The van der Waals surface area contributed by atoms with E-state index in [-0.39, 0.29) is 5.97 Å². The minimum absolute atomic E-state index is 0.275. The first-order chi connectivity index (χ1) is 9.33. The van der Waals surface area contributed by atoms with E-state index in [1.54, 1.807) is 11.3 Å². The van der Waals surface area contributed by atoms with Crippen molar-refractivity contribution in [1.29, 1.82) is 0 Å². The molecule has 0 radical (unpaired) electrons. The molecule has 4 nitrogen and oxygen atoms in total.